The van der Waals surface area contributed by atoms with Gasteiger partial charge in [0.1, 0.15) is 4.90 Å². The maximum absolute atomic E-state index is 12.5. The summed E-state index contributed by atoms with van der Waals surface area (Å²) < 4.78 is 35.2. The Labute approximate surface area is 100 Å². The number of hydrogen-bond acceptors (Lipinski definition) is 2. The molecule has 1 aromatic rings. The van der Waals surface area contributed by atoms with Gasteiger partial charge in [0.15, 0.2) is 0 Å². The van der Waals surface area contributed by atoms with Crippen LogP contribution < -0.4 is 0 Å². The van der Waals surface area contributed by atoms with Crippen LogP contribution >= 0.6 is 47.8 Å². The summed E-state index contributed by atoms with van der Waals surface area (Å²) in [5, 5.41) is 0. The maximum Gasteiger partial charge on any atom is 0.332 e. The first-order valence-corrected chi connectivity index (χ1v) is 6.68. The van der Waals surface area contributed by atoms with Gasteiger partial charge in [-0.1, -0.05) is 0 Å². The van der Waals surface area contributed by atoms with E-state index in [0.29, 0.717) is 13.4 Å². The molecular formula is C6H2Br3FO2S. The smallest absolute Gasteiger partial charge is 0.189 e. The molecule has 7 heteroatoms. The highest BCUT2D eigenvalue weighted by molar-refractivity contribution is 9.14. The summed E-state index contributed by atoms with van der Waals surface area (Å²) in [4.78, 5) is -0.380. The van der Waals surface area contributed by atoms with Gasteiger partial charge in [-0.15, -0.1) is 3.89 Å². The van der Waals surface area contributed by atoms with Crippen LogP contribution in [0, 0.1) is 0 Å². The van der Waals surface area contributed by atoms with Gasteiger partial charge in [-0.05, 0) is 59.9 Å². The zero-order valence-corrected chi connectivity index (χ0v) is 11.5. The highest BCUT2D eigenvalue weighted by Gasteiger charge is 2.15. The molecule has 0 radical (unpaired) electrons. The number of benzene rings is 1. The molecule has 0 N–H and O–H groups in total. The van der Waals surface area contributed by atoms with Gasteiger partial charge in [-0.3, -0.25) is 0 Å². The van der Waals surface area contributed by atoms with E-state index in [9.17, 15) is 12.3 Å². The van der Waals surface area contributed by atoms with Gasteiger partial charge >= 0.3 is 10.2 Å². The average Bonchev–Trinajstić information content (AvgIpc) is 1.97. The van der Waals surface area contributed by atoms with Crippen molar-refractivity contribution in [3.05, 3.63) is 25.6 Å². The SMILES string of the molecule is O=S(=O)(F)c1cc(Br)c(Br)c(Br)c1. The fourth-order valence-corrected chi connectivity index (χ4v) is 2.91. The minimum Gasteiger partial charge on any atom is -0.189 e. The fourth-order valence-electron chi connectivity index (χ4n) is 0.673. The lowest BCUT2D eigenvalue weighted by Crippen LogP contribution is -1.92. The summed E-state index contributed by atoms with van der Waals surface area (Å²) in [5.41, 5.74) is 0. The van der Waals surface area contributed by atoms with E-state index in [1.165, 1.54) is 12.1 Å². The van der Waals surface area contributed by atoms with Gasteiger partial charge < -0.3 is 0 Å². The summed E-state index contributed by atoms with van der Waals surface area (Å²) in [6, 6.07) is 2.37. The van der Waals surface area contributed by atoms with Crippen molar-refractivity contribution < 1.29 is 12.3 Å². The summed E-state index contributed by atoms with van der Waals surface area (Å²) in [6.07, 6.45) is 0. The van der Waals surface area contributed by atoms with Gasteiger partial charge in [0, 0.05) is 13.4 Å². The van der Waals surface area contributed by atoms with Gasteiger partial charge in [0.2, 0.25) is 0 Å². The molecule has 2 nitrogen and oxygen atoms in total. The molecule has 0 aromatic heterocycles. The summed E-state index contributed by atoms with van der Waals surface area (Å²) >= 11 is 9.33. The van der Waals surface area contributed by atoms with Crippen LogP contribution in [0.3, 0.4) is 0 Å². The zero-order valence-electron chi connectivity index (χ0n) is 5.89. The molecule has 0 spiro atoms. The molecule has 0 atom stereocenters. The first-order chi connectivity index (χ1) is 5.82. The Morgan fingerprint density at radius 2 is 1.46 bits per heavy atom. The van der Waals surface area contributed by atoms with E-state index in [2.05, 4.69) is 47.8 Å². The van der Waals surface area contributed by atoms with E-state index < -0.39 is 10.2 Å². The Balaban J connectivity index is 3.47. The molecule has 0 aliphatic rings. The highest BCUT2D eigenvalue weighted by atomic mass is 79.9. The fraction of sp³-hybridized carbons (Fsp3) is 0. The highest BCUT2D eigenvalue weighted by Crippen LogP contribution is 2.33. The predicted molar refractivity (Wildman–Crippen MR) is 57.8 cm³/mol. The Morgan fingerprint density at radius 3 is 1.77 bits per heavy atom. The van der Waals surface area contributed by atoms with Crippen LogP contribution in [0.15, 0.2) is 30.4 Å². The van der Waals surface area contributed by atoms with Crippen molar-refractivity contribution in [2.45, 2.75) is 4.90 Å². The van der Waals surface area contributed by atoms with Crippen LogP contribution in [-0.2, 0) is 10.2 Å². The quantitative estimate of drug-likeness (QED) is 0.536. The molecule has 0 aliphatic carbocycles. The topological polar surface area (TPSA) is 34.1 Å². The summed E-state index contributed by atoms with van der Waals surface area (Å²) in [7, 11) is -4.65. The zero-order chi connectivity index (χ0) is 10.2. The van der Waals surface area contributed by atoms with Crippen LogP contribution in [0.25, 0.3) is 0 Å². The van der Waals surface area contributed by atoms with Crippen molar-refractivity contribution in [2.24, 2.45) is 0 Å². The predicted octanol–water partition coefficient (Wildman–Crippen LogP) is 3.63. The van der Waals surface area contributed by atoms with Crippen molar-refractivity contribution in [2.75, 3.05) is 0 Å². The average molecular weight is 397 g/mol. The van der Waals surface area contributed by atoms with Gasteiger partial charge in [0.25, 0.3) is 0 Å². The number of rotatable bonds is 1. The molecule has 13 heavy (non-hydrogen) atoms. The summed E-state index contributed by atoms with van der Waals surface area (Å²) in [5.74, 6) is 0. The Bertz CT molecular complexity index is 420. The molecule has 0 saturated heterocycles. The lowest BCUT2D eigenvalue weighted by atomic mass is 10.4. The van der Waals surface area contributed by atoms with Crippen molar-refractivity contribution in [3.63, 3.8) is 0 Å². The van der Waals surface area contributed by atoms with Crippen LogP contribution in [0.5, 0.6) is 0 Å². The molecule has 0 unspecified atom stereocenters. The normalized spacial score (nSPS) is 11.7. The van der Waals surface area contributed by atoms with Crippen molar-refractivity contribution in [3.8, 4) is 0 Å². The Kier molecular flexibility index (Phi) is 3.54. The van der Waals surface area contributed by atoms with Crippen LogP contribution in [0.1, 0.15) is 0 Å². The number of hydrogen-bond donors (Lipinski definition) is 0. The van der Waals surface area contributed by atoms with Crippen molar-refractivity contribution in [1.82, 2.24) is 0 Å². The second-order valence-corrected chi connectivity index (χ2v) is 5.99. The third kappa shape index (κ3) is 2.74. The van der Waals surface area contributed by atoms with E-state index in [-0.39, 0.29) is 4.90 Å². The lowest BCUT2D eigenvalue weighted by Gasteiger charge is -2.01. The van der Waals surface area contributed by atoms with Gasteiger partial charge in [0.05, 0.1) is 0 Å². The third-order valence-corrected chi connectivity index (χ3v) is 5.21. The molecule has 72 valence electrons. The Hall–Kier alpha value is 0.540. The molecule has 1 aromatic carbocycles. The number of halogens is 4. The molecule has 0 bridgehead atoms. The third-order valence-electron chi connectivity index (χ3n) is 1.24. The van der Waals surface area contributed by atoms with Crippen LogP contribution in [-0.4, -0.2) is 8.42 Å². The molecular weight excluding hydrogens is 395 g/mol. The largest absolute Gasteiger partial charge is 0.332 e. The van der Waals surface area contributed by atoms with E-state index in [1.54, 1.807) is 0 Å². The standard InChI is InChI=1S/C6H2Br3FO2S/c7-4-1-3(13(10,11)12)2-5(8)6(4)9/h1-2H. The minimum absolute atomic E-state index is 0.380. The van der Waals surface area contributed by atoms with E-state index >= 15 is 0 Å². The van der Waals surface area contributed by atoms with E-state index in [0.717, 1.165) is 0 Å². The molecule has 0 amide bonds. The first-order valence-electron chi connectivity index (χ1n) is 2.91. The molecule has 0 aliphatic heterocycles. The second kappa shape index (κ2) is 3.96. The maximum atomic E-state index is 12.5. The second-order valence-electron chi connectivity index (χ2n) is 2.14. The Morgan fingerprint density at radius 1 is 1.08 bits per heavy atom. The summed E-state index contributed by atoms with van der Waals surface area (Å²) in [6.45, 7) is 0. The molecule has 0 heterocycles. The van der Waals surface area contributed by atoms with Crippen molar-refractivity contribution in [1.29, 1.82) is 0 Å². The van der Waals surface area contributed by atoms with Gasteiger partial charge in [-0.2, -0.15) is 8.42 Å². The van der Waals surface area contributed by atoms with Crippen molar-refractivity contribution >= 4 is 58.0 Å². The first kappa shape index (κ1) is 11.6. The van der Waals surface area contributed by atoms with Gasteiger partial charge in [-0.25, -0.2) is 0 Å². The molecule has 1 rings (SSSR count). The molecule has 0 fully saturated rings. The van der Waals surface area contributed by atoms with Crippen LogP contribution in [0.4, 0.5) is 3.89 Å². The van der Waals surface area contributed by atoms with E-state index in [1.807, 2.05) is 0 Å². The monoisotopic (exact) mass is 394 g/mol. The van der Waals surface area contributed by atoms with E-state index in [4.69, 9.17) is 0 Å². The lowest BCUT2D eigenvalue weighted by molar-refractivity contribution is 0.552. The minimum atomic E-state index is -4.65. The molecule has 0 saturated carbocycles. The van der Waals surface area contributed by atoms with Crippen LogP contribution in [0.2, 0.25) is 0 Å².